The normalized spacial score (nSPS) is 18.3. The highest BCUT2D eigenvalue weighted by Crippen LogP contribution is 2.26. The largest absolute Gasteiger partial charge is 0.491 e. The van der Waals surface area contributed by atoms with E-state index in [0.717, 1.165) is 6.42 Å². The van der Waals surface area contributed by atoms with Crippen LogP contribution in [0.5, 0.6) is 5.75 Å². The number of nitrogens with one attached hydrogen (secondary N) is 2. The Balaban J connectivity index is 1.94. The highest BCUT2D eigenvalue weighted by Gasteiger charge is 2.32. The van der Waals surface area contributed by atoms with E-state index in [-0.39, 0.29) is 18.2 Å². The summed E-state index contributed by atoms with van der Waals surface area (Å²) in [5.74, 6) is 0.193. The van der Waals surface area contributed by atoms with Crippen LogP contribution < -0.4 is 15.4 Å². The first-order valence-corrected chi connectivity index (χ1v) is 8.66. The number of aliphatic imine (C=N–C) groups is 1. The van der Waals surface area contributed by atoms with Crippen LogP contribution >= 0.6 is 11.8 Å². The molecule has 128 valence electrons. The smallest absolute Gasteiger partial charge is 0.240 e. The number of benzene rings is 1. The van der Waals surface area contributed by atoms with Crippen LogP contribution in [0.4, 0.5) is 5.69 Å². The average molecular weight is 347 g/mol. The topological polar surface area (TPSA) is 79.8 Å². The summed E-state index contributed by atoms with van der Waals surface area (Å²) in [5.41, 5.74) is 0.611. The van der Waals surface area contributed by atoms with Crippen LogP contribution in [-0.2, 0) is 9.59 Å². The van der Waals surface area contributed by atoms with Gasteiger partial charge >= 0.3 is 0 Å². The van der Waals surface area contributed by atoms with Gasteiger partial charge in [0.1, 0.15) is 11.0 Å². The molecule has 1 heterocycles. The Kier molecular flexibility index (Phi) is 6.87. The zero-order valence-electron chi connectivity index (χ0n) is 13.6. The minimum atomic E-state index is -0.475. The van der Waals surface area contributed by atoms with E-state index in [1.807, 2.05) is 25.1 Å². The maximum Gasteiger partial charge on any atom is 0.240 e. The Morgan fingerprint density at radius 3 is 3.04 bits per heavy atom. The van der Waals surface area contributed by atoms with Crippen molar-refractivity contribution in [2.75, 3.05) is 18.5 Å². The third kappa shape index (κ3) is 5.13. The van der Waals surface area contributed by atoms with Gasteiger partial charge in [0.2, 0.25) is 11.8 Å². The summed E-state index contributed by atoms with van der Waals surface area (Å²) in [7, 11) is 0. The molecule has 0 spiro atoms. The summed E-state index contributed by atoms with van der Waals surface area (Å²) >= 11 is 1.27. The molecule has 0 bridgehead atoms. The third-order valence-electron chi connectivity index (χ3n) is 3.13. The molecule has 0 saturated carbocycles. The lowest BCUT2D eigenvalue weighted by molar-refractivity contribution is -0.122. The second-order valence-electron chi connectivity index (χ2n) is 5.13. The Hall–Kier alpha value is -2.28. The second kappa shape index (κ2) is 9.12. The fourth-order valence-electron chi connectivity index (χ4n) is 2.04. The highest BCUT2D eigenvalue weighted by molar-refractivity contribution is 8.15. The number of carbonyl (C=O) groups excluding carboxylic acids is 2. The van der Waals surface area contributed by atoms with Gasteiger partial charge in [-0.3, -0.25) is 14.6 Å². The van der Waals surface area contributed by atoms with Crippen LogP contribution in [0.1, 0.15) is 19.8 Å². The number of hydrogen-bond acceptors (Lipinski definition) is 5. The van der Waals surface area contributed by atoms with Crippen molar-refractivity contribution in [1.82, 2.24) is 5.32 Å². The van der Waals surface area contributed by atoms with E-state index >= 15 is 0 Å². The van der Waals surface area contributed by atoms with E-state index in [1.165, 1.54) is 11.8 Å². The predicted octanol–water partition coefficient (Wildman–Crippen LogP) is 2.58. The van der Waals surface area contributed by atoms with Crippen LogP contribution in [0.2, 0.25) is 0 Å². The molecule has 2 rings (SSSR count). The quantitative estimate of drug-likeness (QED) is 0.708. The average Bonchev–Trinajstić information content (AvgIpc) is 2.91. The number of para-hydroxylation sites is 2. The molecule has 6 nitrogen and oxygen atoms in total. The van der Waals surface area contributed by atoms with Gasteiger partial charge in [0.05, 0.1) is 18.8 Å². The number of ether oxygens (including phenoxy) is 1. The molecular weight excluding hydrogens is 326 g/mol. The van der Waals surface area contributed by atoms with E-state index in [1.54, 1.807) is 12.1 Å². The zero-order chi connectivity index (χ0) is 17.4. The first kappa shape index (κ1) is 18.1. The summed E-state index contributed by atoms with van der Waals surface area (Å²) in [5, 5.41) is 5.54. The molecule has 2 amide bonds. The molecule has 1 aliphatic heterocycles. The first-order valence-electron chi connectivity index (χ1n) is 7.78. The molecule has 1 saturated heterocycles. The third-order valence-corrected chi connectivity index (χ3v) is 4.25. The lowest BCUT2D eigenvalue weighted by Crippen LogP contribution is -2.28. The summed E-state index contributed by atoms with van der Waals surface area (Å²) < 4.78 is 5.61. The first-order chi connectivity index (χ1) is 11.6. The van der Waals surface area contributed by atoms with Crippen LogP contribution in [0.15, 0.2) is 41.9 Å². The summed E-state index contributed by atoms with van der Waals surface area (Å²) in [6.45, 7) is 6.61. The maximum atomic E-state index is 12.2. The molecule has 0 unspecified atom stereocenters. The van der Waals surface area contributed by atoms with Crippen molar-refractivity contribution in [2.24, 2.45) is 4.99 Å². The van der Waals surface area contributed by atoms with Crippen LogP contribution in [0.3, 0.4) is 0 Å². The lowest BCUT2D eigenvalue weighted by Gasteiger charge is -2.12. The highest BCUT2D eigenvalue weighted by atomic mass is 32.2. The minimum Gasteiger partial charge on any atom is -0.491 e. The fourth-order valence-corrected chi connectivity index (χ4v) is 3.02. The Morgan fingerprint density at radius 1 is 1.50 bits per heavy atom. The van der Waals surface area contributed by atoms with Crippen molar-refractivity contribution in [3.63, 3.8) is 0 Å². The molecule has 0 aliphatic carbocycles. The van der Waals surface area contributed by atoms with Gasteiger partial charge in [-0.2, -0.15) is 0 Å². The molecule has 1 aromatic rings. The Labute approximate surface area is 145 Å². The molecule has 1 fully saturated rings. The Morgan fingerprint density at radius 2 is 2.29 bits per heavy atom. The minimum absolute atomic E-state index is 0.0751. The number of amidine groups is 1. The van der Waals surface area contributed by atoms with Crippen molar-refractivity contribution in [1.29, 1.82) is 0 Å². The maximum absolute atomic E-state index is 12.2. The summed E-state index contributed by atoms with van der Waals surface area (Å²) in [4.78, 5) is 28.3. The molecule has 0 aromatic heterocycles. The zero-order valence-corrected chi connectivity index (χ0v) is 14.4. The molecular formula is C17H21N3O3S. The van der Waals surface area contributed by atoms with Gasteiger partial charge in [-0.05, 0) is 18.6 Å². The molecule has 0 radical (unpaired) electrons. The number of amides is 2. The van der Waals surface area contributed by atoms with Crippen molar-refractivity contribution in [2.45, 2.75) is 25.0 Å². The predicted molar refractivity (Wildman–Crippen MR) is 97.5 cm³/mol. The second-order valence-corrected chi connectivity index (χ2v) is 6.32. The Bertz CT molecular complexity index is 646. The summed E-state index contributed by atoms with van der Waals surface area (Å²) in [6.07, 6.45) is 2.60. The molecule has 1 atom stereocenters. The van der Waals surface area contributed by atoms with Crippen molar-refractivity contribution in [3.8, 4) is 5.75 Å². The number of thioether (sulfide) groups is 1. The van der Waals surface area contributed by atoms with Gasteiger partial charge in [0.25, 0.3) is 0 Å². The van der Waals surface area contributed by atoms with E-state index in [0.29, 0.717) is 29.8 Å². The van der Waals surface area contributed by atoms with Crippen molar-refractivity contribution in [3.05, 3.63) is 36.9 Å². The standard InChI is InChI=1S/C17H21N3O3S/c1-3-9-18-17-20-16(22)14(24-17)11-15(21)19-12-7-5-6-8-13(12)23-10-4-2/h3,5-8,14H,1,4,9-11H2,2H3,(H,19,21)(H,18,20,22)/t14-/m0/s1. The molecule has 7 heteroatoms. The molecule has 2 N–H and O–H groups in total. The van der Waals surface area contributed by atoms with Gasteiger partial charge in [0.15, 0.2) is 5.17 Å². The van der Waals surface area contributed by atoms with E-state index in [9.17, 15) is 9.59 Å². The lowest BCUT2D eigenvalue weighted by atomic mass is 10.2. The van der Waals surface area contributed by atoms with Gasteiger partial charge in [-0.1, -0.05) is 36.9 Å². The van der Waals surface area contributed by atoms with E-state index < -0.39 is 5.25 Å². The number of hydrogen-bond donors (Lipinski definition) is 2. The van der Waals surface area contributed by atoms with Crippen LogP contribution in [0, 0.1) is 0 Å². The monoisotopic (exact) mass is 347 g/mol. The molecule has 1 aliphatic rings. The summed E-state index contributed by atoms with van der Waals surface area (Å²) in [6, 6.07) is 7.26. The van der Waals surface area contributed by atoms with Gasteiger partial charge in [-0.25, -0.2) is 0 Å². The van der Waals surface area contributed by atoms with Crippen LogP contribution in [0.25, 0.3) is 0 Å². The van der Waals surface area contributed by atoms with E-state index in [4.69, 9.17) is 4.74 Å². The fraction of sp³-hybridized carbons (Fsp3) is 0.353. The van der Waals surface area contributed by atoms with Crippen LogP contribution in [-0.4, -0.2) is 35.4 Å². The molecule has 24 heavy (non-hydrogen) atoms. The van der Waals surface area contributed by atoms with Crippen molar-refractivity contribution < 1.29 is 14.3 Å². The SMILES string of the molecule is C=CCN=C1NC(=O)[C@H](CC(=O)Nc2ccccc2OCCC)S1. The number of carbonyl (C=O) groups is 2. The molecule has 1 aromatic carbocycles. The van der Waals surface area contributed by atoms with Gasteiger partial charge < -0.3 is 15.4 Å². The number of anilines is 1. The van der Waals surface area contributed by atoms with Gasteiger partial charge in [0, 0.05) is 6.42 Å². The number of nitrogens with zero attached hydrogens (tertiary/aromatic N) is 1. The van der Waals surface area contributed by atoms with Gasteiger partial charge in [-0.15, -0.1) is 6.58 Å². The number of rotatable bonds is 8. The van der Waals surface area contributed by atoms with Crippen molar-refractivity contribution >= 4 is 34.4 Å². The van der Waals surface area contributed by atoms with E-state index in [2.05, 4.69) is 22.2 Å².